The molecule has 3 aromatic rings. The molecule has 2 amide bonds. The number of rotatable bonds is 8. The van der Waals surface area contributed by atoms with Crippen molar-refractivity contribution in [3.8, 4) is 5.69 Å². The Morgan fingerprint density at radius 1 is 1.09 bits per heavy atom. The number of aryl methyl sites for hydroxylation is 1. The van der Waals surface area contributed by atoms with E-state index < -0.39 is 0 Å². The third kappa shape index (κ3) is 6.95. The third-order valence-electron chi connectivity index (χ3n) is 5.78. The molecule has 0 fully saturated rings. The van der Waals surface area contributed by atoms with Gasteiger partial charge in [-0.1, -0.05) is 64.4 Å². The van der Waals surface area contributed by atoms with Crippen LogP contribution in [0.1, 0.15) is 62.7 Å². The van der Waals surface area contributed by atoms with Crippen molar-refractivity contribution < 1.29 is 9.59 Å². The normalized spacial score (nSPS) is 11.5. The van der Waals surface area contributed by atoms with Crippen LogP contribution in [0.2, 0.25) is 5.02 Å². The lowest BCUT2D eigenvalue weighted by molar-refractivity contribution is -0.117. The fourth-order valence-electron chi connectivity index (χ4n) is 3.62. The average molecular weight is 495 g/mol. The van der Waals surface area contributed by atoms with Crippen LogP contribution in [0.25, 0.3) is 5.69 Å². The lowest BCUT2D eigenvalue weighted by atomic mass is 9.92. The molecule has 6 nitrogen and oxygen atoms in total. The Morgan fingerprint density at radius 3 is 2.34 bits per heavy atom. The molecule has 0 radical (unpaired) electrons. The van der Waals surface area contributed by atoms with E-state index >= 15 is 0 Å². The molecular weight excluding hydrogens is 460 g/mol. The van der Waals surface area contributed by atoms with Crippen molar-refractivity contribution in [2.24, 2.45) is 5.92 Å². The largest absolute Gasteiger partial charge is 0.329 e. The molecule has 3 rings (SSSR count). The van der Waals surface area contributed by atoms with Crippen LogP contribution in [0.4, 0.5) is 5.82 Å². The Balaban J connectivity index is 1.87. The predicted molar refractivity (Wildman–Crippen MR) is 142 cm³/mol. The molecule has 0 bridgehead atoms. The molecule has 7 heteroatoms. The van der Waals surface area contributed by atoms with Gasteiger partial charge in [-0.25, -0.2) is 4.68 Å². The number of para-hydroxylation sites is 1. The van der Waals surface area contributed by atoms with Gasteiger partial charge in [0.1, 0.15) is 12.4 Å². The van der Waals surface area contributed by atoms with Gasteiger partial charge in [-0.2, -0.15) is 5.10 Å². The van der Waals surface area contributed by atoms with Crippen LogP contribution in [0.3, 0.4) is 0 Å². The number of anilines is 1. The monoisotopic (exact) mass is 494 g/mol. The van der Waals surface area contributed by atoms with E-state index in [4.69, 9.17) is 16.7 Å². The number of nitrogens with zero attached hydrogens (tertiary/aromatic N) is 3. The van der Waals surface area contributed by atoms with E-state index in [-0.39, 0.29) is 23.8 Å². The van der Waals surface area contributed by atoms with Crippen molar-refractivity contribution in [2.45, 2.75) is 53.4 Å². The average Bonchev–Trinajstić information content (AvgIpc) is 3.21. The van der Waals surface area contributed by atoms with Gasteiger partial charge in [-0.05, 0) is 55.2 Å². The highest BCUT2D eigenvalue weighted by atomic mass is 35.5. The lowest BCUT2D eigenvalue weighted by Crippen LogP contribution is -2.39. The smallest absolute Gasteiger partial charge is 0.254 e. The number of carbonyl (C=O) groups is 2. The molecule has 0 aliphatic heterocycles. The van der Waals surface area contributed by atoms with Crippen molar-refractivity contribution in [3.63, 3.8) is 0 Å². The number of carbonyl (C=O) groups excluding carboxylic acids is 2. The van der Waals surface area contributed by atoms with Crippen LogP contribution in [0.15, 0.2) is 54.6 Å². The van der Waals surface area contributed by atoms with Gasteiger partial charge in [0.15, 0.2) is 0 Å². The fraction of sp³-hybridized carbons (Fsp3) is 0.393. The van der Waals surface area contributed by atoms with Crippen LogP contribution in [0, 0.1) is 12.8 Å². The van der Waals surface area contributed by atoms with Gasteiger partial charge in [0.2, 0.25) is 5.91 Å². The van der Waals surface area contributed by atoms with Gasteiger partial charge >= 0.3 is 0 Å². The van der Waals surface area contributed by atoms with E-state index in [1.807, 2.05) is 37.3 Å². The molecule has 1 aromatic heterocycles. The van der Waals surface area contributed by atoms with Crippen LogP contribution in [-0.2, 0) is 10.2 Å². The van der Waals surface area contributed by atoms with E-state index in [1.54, 1.807) is 33.8 Å². The molecule has 0 atom stereocenters. The SMILES string of the molecule is Cc1ccccc1-n1nc(C(C)(C)C)cc1NC(=O)CN(CCC(C)C)C(=O)c1ccc(Cl)cc1. The van der Waals surface area contributed by atoms with Gasteiger partial charge in [0, 0.05) is 28.6 Å². The van der Waals surface area contributed by atoms with Gasteiger partial charge in [0.05, 0.1) is 11.4 Å². The second-order valence-corrected chi connectivity index (χ2v) is 10.8. The van der Waals surface area contributed by atoms with Crippen molar-refractivity contribution in [1.29, 1.82) is 0 Å². The first kappa shape index (κ1) is 26.5. The highest BCUT2D eigenvalue weighted by Crippen LogP contribution is 2.27. The van der Waals surface area contributed by atoms with Crippen LogP contribution >= 0.6 is 11.6 Å². The van der Waals surface area contributed by atoms with Gasteiger partial charge in [-0.15, -0.1) is 0 Å². The summed E-state index contributed by atoms with van der Waals surface area (Å²) >= 11 is 5.99. The minimum atomic E-state index is -0.272. The maximum atomic E-state index is 13.2. The Hall–Kier alpha value is -3.12. The molecule has 0 aliphatic rings. The molecule has 0 unspecified atom stereocenters. The second-order valence-electron chi connectivity index (χ2n) is 10.3. The number of nitrogens with one attached hydrogen (secondary N) is 1. The summed E-state index contributed by atoms with van der Waals surface area (Å²) in [5, 5.41) is 8.38. The number of hydrogen-bond donors (Lipinski definition) is 1. The molecule has 0 saturated carbocycles. The first-order valence-electron chi connectivity index (χ1n) is 12.0. The molecule has 2 aromatic carbocycles. The van der Waals surface area contributed by atoms with E-state index in [0.29, 0.717) is 28.9 Å². The summed E-state index contributed by atoms with van der Waals surface area (Å²) in [5.41, 5.74) is 3.12. The van der Waals surface area contributed by atoms with Crippen molar-refractivity contribution in [2.75, 3.05) is 18.4 Å². The molecule has 0 spiro atoms. The molecule has 0 saturated heterocycles. The minimum absolute atomic E-state index is 0.0576. The molecule has 35 heavy (non-hydrogen) atoms. The van der Waals surface area contributed by atoms with E-state index in [0.717, 1.165) is 23.4 Å². The first-order valence-corrected chi connectivity index (χ1v) is 12.3. The van der Waals surface area contributed by atoms with Crippen LogP contribution in [-0.4, -0.2) is 39.6 Å². The van der Waals surface area contributed by atoms with Crippen LogP contribution < -0.4 is 5.32 Å². The minimum Gasteiger partial charge on any atom is -0.329 e. The Bertz CT molecular complexity index is 1180. The summed E-state index contributed by atoms with van der Waals surface area (Å²) in [5.74, 6) is 0.513. The zero-order valence-electron chi connectivity index (χ0n) is 21.4. The Kier molecular flexibility index (Phi) is 8.39. The topological polar surface area (TPSA) is 67.2 Å². The zero-order valence-corrected chi connectivity index (χ0v) is 22.2. The van der Waals surface area contributed by atoms with Crippen molar-refractivity contribution in [3.05, 3.63) is 76.4 Å². The maximum Gasteiger partial charge on any atom is 0.254 e. The Morgan fingerprint density at radius 2 is 1.74 bits per heavy atom. The summed E-state index contributed by atoms with van der Waals surface area (Å²) in [7, 11) is 0. The summed E-state index contributed by atoms with van der Waals surface area (Å²) in [4.78, 5) is 28.0. The summed E-state index contributed by atoms with van der Waals surface area (Å²) in [6.45, 7) is 12.9. The summed E-state index contributed by atoms with van der Waals surface area (Å²) in [6.07, 6.45) is 0.794. The van der Waals surface area contributed by atoms with Crippen molar-refractivity contribution in [1.82, 2.24) is 14.7 Å². The lowest BCUT2D eigenvalue weighted by Gasteiger charge is -2.23. The maximum absolute atomic E-state index is 13.2. The van der Waals surface area contributed by atoms with E-state index in [2.05, 4.69) is 39.9 Å². The summed E-state index contributed by atoms with van der Waals surface area (Å²) < 4.78 is 1.77. The highest BCUT2D eigenvalue weighted by Gasteiger charge is 2.24. The van der Waals surface area contributed by atoms with Gasteiger partial charge < -0.3 is 10.2 Å². The van der Waals surface area contributed by atoms with E-state index in [9.17, 15) is 9.59 Å². The van der Waals surface area contributed by atoms with Crippen molar-refractivity contribution >= 4 is 29.2 Å². The summed E-state index contributed by atoms with van der Waals surface area (Å²) in [6, 6.07) is 16.6. The van der Waals surface area contributed by atoms with E-state index in [1.165, 1.54) is 0 Å². The van der Waals surface area contributed by atoms with Crippen LogP contribution in [0.5, 0.6) is 0 Å². The quantitative estimate of drug-likeness (QED) is 0.402. The molecule has 1 N–H and O–H groups in total. The zero-order chi connectivity index (χ0) is 25.8. The molecule has 186 valence electrons. The highest BCUT2D eigenvalue weighted by molar-refractivity contribution is 6.30. The number of amides is 2. The molecule has 1 heterocycles. The first-order chi connectivity index (χ1) is 16.5. The standard InChI is InChI=1S/C28H35ClN4O2/c1-19(2)15-16-32(27(35)21-11-13-22(29)14-12-21)18-26(34)30-25-17-24(28(4,5)6)31-33(25)23-10-8-7-9-20(23)3/h7-14,17,19H,15-16,18H2,1-6H3,(H,30,34). The molecular formula is C28H35ClN4O2. The number of benzene rings is 2. The predicted octanol–water partition coefficient (Wildman–Crippen LogP) is 6.26. The van der Waals surface area contributed by atoms with Gasteiger partial charge in [0.25, 0.3) is 5.91 Å². The number of aromatic nitrogens is 2. The fourth-order valence-corrected chi connectivity index (χ4v) is 3.74. The molecule has 0 aliphatic carbocycles. The van der Waals surface area contributed by atoms with Gasteiger partial charge in [-0.3, -0.25) is 9.59 Å². The number of halogens is 1. The second kappa shape index (κ2) is 11.1. The Labute approximate surface area is 213 Å². The number of hydrogen-bond acceptors (Lipinski definition) is 3. The third-order valence-corrected chi connectivity index (χ3v) is 6.03.